The summed E-state index contributed by atoms with van der Waals surface area (Å²) in [5.41, 5.74) is 10.6. The molecule has 0 rings (SSSR count). The summed E-state index contributed by atoms with van der Waals surface area (Å²) in [7, 11) is 0. The minimum Gasteiger partial charge on any atom is -0.388 e. The molecule has 0 aromatic heterocycles. The van der Waals surface area contributed by atoms with Gasteiger partial charge in [0.1, 0.15) is 0 Å². The van der Waals surface area contributed by atoms with Gasteiger partial charge in [0, 0.05) is 41.1 Å². The molecule has 1 atom stereocenters. The average molecular weight is 280 g/mol. The minimum absolute atomic E-state index is 0.245. The summed E-state index contributed by atoms with van der Waals surface area (Å²) in [6, 6.07) is 0. The number of nitrogens with one attached hydrogen (secondary N) is 2. The van der Waals surface area contributed by atoms with Gasteiger partial charge < -0.3 is 11.5 Å². The van der Waals surface area contributed by atoms with Gasteiger partial charge in [-0.2, -0.15) is 36.2 Å². The second-order valence-corrected chi connectivity index (χ2v) is 6.22. The van der Waals surface area contributed by atoms with Crippen molar-refractivity contribution in [3.8, 4) is 0 Å². The molecule has 0 aliphatic heterocycles. The van der Waals surface area contributed by atoms with Gasteiger partial charge in [0.2, 0.25) is 0 Å². The fraction of sp³-hybridized carbons (Fsp3) is 0.778. The van der Waals surface area contributed by atoms with Crippen LogP contribution in [0, 0.1) is 10.8 Å². The molecule has 0 bridgehead atoms. The molecule has 6 N–H and O–H groups in total. The summed E-state index contributed by atoms with van der Waals surface area (Å²) >= 11 is 7.90. The van der Waals surface area contributed by atoms with Crippen LogP contribution in [0.4, 0.5) is 0 Å². The third-order valence-corrected chi connectivity index (χ3v) is 5.02. The molecule has 0 amide bonds. The van der Waals surface area contributed by atoms with Crippen LogP contribution < -0.4 is 11.5 Å². The second-order valence-electron chi connectivity index (χ2n) is 3.30. The molecule has 0 radical (unpaired) electrons. The number of rotatable bonds is 10. The molecule has 0 saturated heterocycles. The number of hydrogen-bond acceptors (Lipinski definition) is 5. The molecule has 0 aliphatic carbocycles. The summed E-state index contributed by atoms with van der Waals surface area (Å²) in [6.45, 7) is 0. The van der Waals surface area contributed by atoms with Gasteiger partial charge in [-0.05, 0) is 0 Å². The second kappa shape index (κ2) is 10.2. The molecule has 0 aromatic rings. The van der Waals surface area contributed by atoms with Crippen LogP contribution >= 0.6 is 36.2 Å². The fourth-order valence-electron chi connectivity index (χ4n) is 0.886. The van der Waals surface area contributed by atoms with Gasteiger partial charge in [-0.25, -0.2) is 0 Å². The largest absolute Gasteiger partial charge is 0.388 e. The molecule has 16 heavy (non-hydrogen) atoms. The first-order valence-electron chi connectivity index (χ1n) is 5.02. The van der Waals surface area contributed by atoms with E-state index < -0.39 is 0 Å². The van der Waals surface area contributed by atoms with E-state index in [0.29, 0.717) is 18.1 Å². The Hall–Kier alpha value is -0.0100. The van der Waals surface area contributed by atoms with Gasteiger partial charge in [0.15, 0.2) is 0 Å². The molecular weight excluding hydrogens is 260 g/mol. The van der Waals surface area contributed by atoms with E-state index in [1.54, 1.807) is 23.5 Å². The fourth-order valence-corrected chi connectivity index (χ4v) is 3.87. The highest BCUT2D eigenvalue weighted by Crippen LogP contribution is 2.19. The van der Waals surface area contributed by atoms with Crippen LogP contribution in [-0.2, 0) is 0 Å². The Kier molecular flexibility index (Phi) is 10.2. The molecule has 94 valence electrons. The van der Waals surface area contributed by atoms with E-state index in [0.717, 1.165) is 23.0 Å². The zero-order valence-electron chi connectivity index (χ0n) is 9.24. The summed E-state index contributed by atoms with van der Waals surface area (Å²) in [6.07, 6.45) is 1.30. The topological polar surface area (TPSA) is 99.7 Å². The van der Waals surface area contributed by atoms with E-state index in [-0.39, 0.29) is 11.7 Å². The van der Waals surface area contributed by atoms with Crippen LogP contribution in [0.15, 0.2) is 0 Å². The van der Waals surface area contributed by atoms with Crippen molar-refractivity contribution in [3.63, 3.8) is 0 Å². The molecule has 0 saturated carbocycles. The van der Waals surface area contributed by atoms with E-state index in [1.807, 2.05) is 0 Å². The lowest BCUT2D eigenvalue weighted by molar-refractivity contribution is 1.13. The van der Waals surface area contributed by atoms with Crippen molar-refractivity contribution in [2.24, 2.45) is 11.5 Å². The van der Waals surface area contributed by atoms with E-state index >= 15 is 0 Å². The minimum atomic E-state index is 0.245. The molecule has 0 fully saturated rings. The molecule has 4 nitrogen and oxygen atoms in total. The molecule has 0 heterocycles. The Labute approximate surface area is 111 Å². The summed E-state index contributed by atoms with van der Waals surface area (Å²) in [5, 5.41) is 14.7. The predicted octanol–water partition coefficient (Wildman–Crippen LogP) is 1.40. The standard InChI is InChI=1S/C9H20N4S3/c10-8(11)1-3-15-6-7(5-14)16-4-2-9(12)13/h7,14H,1-6H2,(H3,10,11)(H3,12,13). The van der Waals surface area contributed by atoms with Gasteiger partial charge in [0.25, 0.3) is 0 Å². The first-order valence-corrected chi connectivity index (χ1v) is 7.85. The number of nitrogens with two attached hydrogens (primary N) is 2. The monoisotopic (exact) mass is 280 g/mol. The van der Waals surface area contributed by atoms with E-state index in [9.17, 15) is 0 Å². The van der Waals surface area contributed by atoms with Gasteiger partial charge in [-0.1, -0.05) is 0 Å². The van der Waals surface area contributed by atoms with Crippen molar-refractivity contribution >= 4 is 47.8 Å². The Morgan fingerprint density at radius 1 is 1.12 bits per heavy atom. The maximum Gasteiger partial charge on any atom is 0.0913 e. The highest BCUT2D eigenvalue weighted by molar-refractivity contribution is 8.03. The zero-order valence-corrected chi connectivity index (χ0v) is 11.8. The summed E-state index contributed by atoms with van der Waals surface area (Å²) < 4.78 is 0. The van der Waals surface area contributed by atoms with Crippen molar-refractivity contribution in [2.45, 2.75) is 18.1 Å². The van der Waals surface area contributed by atoms with Crippen molar-refractivity contribution < 1.29 is 0 Å². The molecule has 0 aliphatic rings. The molecule has 0 spiro atoms. The summed E-state index contributed by atoms with van der Waals surface area (Å²) in [5.74, 6) is 4.11. The Morgan fingerprint density at radius 2 is 1.69 bits per heavy atom. The third kappa shape index (κ3) is 10.5. The zero-order chi connectivity index (χ0) is 12.4. The maximum absolute atomic E-state index is 7.11. The normalized spacial score (nSPS) is 12.3. The highest BCUT2D eigenvalue weighted by atomic mass is 32.2. The lowest BCUT2D eigenvalue weighted by Gasteiger charge is -2.13. The van der Waals surface area contributed by atoms with Crippen molar-refractivity contribution in [1.82, 2.24) is 0 Å². The number of thioether (sulfide) groups is 2. The van der Waals surface area contributed by atoms with Gasteiger partial charge in [-0.15, -0.1) is 0 Å². The van der Waals surface area contributed by atoms with E-state index in [4.69, 9.17) is 22.3 Å². The molecule has 7 heteroatoms. The van der Waals surface area contributed by atoms with Crippen LogP contribution in [0.5, 0.6) is 0 Å². The predicted molar refractivity (Wildman–Crippen MR) is 80.5 cm³/mol. The Morgan fingerprint density at radius 3 is 2.19 bits per heavy atom. The molecular formula is C9H20N4S3. The SMILES string of the molecule is N=C(N)CCSCC(CS)SCCC(=N)N. The van der Waals surface area contributed by atoms with Crippen LogP contribution in [0.25, 0.3) is 0 Å². The number of thiol groups is 1. The van der Waals surface area contributed by atoms with Gasteiger partial charge in [0.05, 0.1) is 11.7 Å². The third-order valence-electron chi connectivity index (χ3n) is 1.75. The Balaban J connectivity index is 3.51. The number of hydrogen-bond donors (Lipinski definition) is 5. The summed E-state index contributed by atoms with van der Waals surface area (Å²) in [4.78, 5) is 0. The first-order chi connectivity index (χ1) is 7.56. The molecule has 0 aromatic carbocycles. The maximum atomic E-state index is 7.11. The van der Waals surface area contributed by atoms with Crippen LogP contribution in [0.2, 0.25) is 0 Å². The van der Waals surface area contributed by atoms with Gasteiger partial charge >= 0.3 is 0 Å². The molecule has 1 unspecified atom stereocenters. The van der Waals surface area contributed by atoms with Crippen molar-refractivity contribution in [2.75, 3.05) is 23.0 Å². The quantitative estimate of drug-likeness (QED) is 0.181. The average Bonchev–Trinajstić information content (AvgIpc) is 2.20. The van der Waals surface area contributed by atoms with Crippen LogP contribution in [0.1, 0.15) is 12.8 Å². The van der Waals surface area contributed by atoms with E-state index in [1.165, 1.54) is 0 Å². The first kappa shape index (κ1) is 16.0. The smallest absolute Gasteiger partial charge is 0.0913 e. The highest BCUT2D eigenvalue weighted by Gasteiger charge is 2.07. The van der Waals surface area contributed by atoms with Crippen molar-refractivity contribution in [1.29, 1.82) is 10.8 Å². The van der Waals surface area contributed by atoms with E-state index in [2.05, 4.69) is 12.6 Å². The Bertz CT molecular complexity index is 223. The van der Waals surface area contributed by atoms with Crippen molar-refractivity contribution in [3.05, 3.63) is 0 Å². The lowest BCUT2D eigenvalue weighted by Crippen LogP contribution is -2.15. The lowest BCUT2D eigenvalue weighted by atomic mass is 10.5. The van der Waals surface area contributed by atoms with Gasteiger partial charge in [-0.3, -0.25) is 10.8 Å². The van der Waals surface area contributed by atoms with Crippen LogP contribution in [-0.4, -0.2) is 39.9 Å². The van der Waals surface area contributed by atoms with Crippen LogP contribution in [0.3, 0.4) is 0 Å². The number of amidine groups is 2.